The summed E-state index contributed by atoms with van der Waals surface area (Å²) in [6.07, 6.45) is 5.45. The molecule has 0 aromatic rings. The van der Waals surface area contributed by atoms with E-state index in [-0.39, 0.29) is 0 Å². The Kier molecular flexibility index (Phi) is 8.64. The Morgan fingerprint density at radius 2 is 1.61 bits per heavy atom. The van der Waals surface area contributed by atoms with E-state index in [0.717, 1.165) is 6.04 Å². The summed E-state index contributed by atoms with van der Waals surface area (Å²) in [5.74, 6) is 0. The van der Waals surface area contributed by atoms with Gasteiger partial charge in [-0.25, -0.2) is 0 Å². The zero-order valence-electron chi connectivity index (χ0n) is 12.7. The van der Waals surface area contributed by atoms with Gasteiger partial charge in [0.05, 0.1) is 0 Å². The Balaban J connectivity index is 2.16. The van der Waals surface area contributed by atoms with Crippen LogP contribution in [0.3, 0.4) is 0 Å². The fraction of sp³-hybridized carbons (Fsp3) is 1.00. The number of nitrogens with one attached hydrogen (secondary N) is 1. The van der Waals surface area contributed by atoms with Crippen molar-refractivity contribution in [1.82, 2.24) is 15.1 Å². The summed E-state index contributed by atoms with van der Waals surface area (Å²) in [6, 6.07) is 0.743. The van der Waals surface area contributed by atoms with Gasteiger partial charge in [0.1, 0.15) is 0 Å². The van der Waals surface area contributed by atoms with Gasteiger partial charge in [-0.1, -0.05) is 27.2 Å². The summed E-state index contributed by atoms with van der Waals surface area (Å²) in [5, 5.41) is 3.65. The number of nitrogens with zero attached hydrogens (tertiary/aromatic N) is 2. The third-order valence-electron chi connectivity index (χ3n) is 4.18. The molecule has 1 aliphatic rings. The van der Waals surface area contributed by atoms with Crippen LogP contribution in [0.2, 0.25) is 0 Å². The number of likely N-dealkylation sites (N-methyl/N-ethyl adjacent to an activating group) is 1. The molecule has 108 valence electrons. The monoisotopic (exact) mass is 255 g/mol. The van der Waals surface area contributed by atoms with Crippen molar-refractivity contribution in [1.29, 1.82) is 0 Å². The SMILES string of the molecule is CCN(CC)CCCN(CC)CC1CCCCN1. The second kappa shape index (κ2) is 9.76. The highest BCUT2D eigenvalue weighted by molar-refractivity contribution is 4.76. The van der Waals surface area contributed by atoms with Gasteiger partial charge in [0.2, 0.25) is 0 Å². The number of piperidine rings is 1. The molecule has 1 atom stereocenters. The Hall–Kier alpha value is -0.120. The van der Waals surface area contributed by atoms with E-state index < -0.39 is 0 Å². The van der Waals surface area contributed by atoms with Gasteiger partial charge >= 0.3 is 0 Å². The van der Waals surface area contributed by atoms with Crippen molar-refractivity contribution < 1.29 is 0 Å². The molecule has 18 heavy (non-hydrogen) atoms. The number of hydrogen-bond acceptors (Lipinski definition) is 3. The maximum Gasteiger partial charge on any atom is 0.0195 e. The second-order valence-corrected chi connectivity index (χ2v) is 5.42. The van der Waals surface area contributed by atoms with Crippen LogP contribution in [0.4, 0.5) is 0 Å². The van der Waals surface area contributed by atoms with Gasteiger partial charge in [-0.3, -0.25) is 0 Å². The van der Waals surface area contributed by atoms with Gasteiger partial charge in [-0.2, -0.15) is 0 Å². The quantitative estimate of drug-likeness (QED) is 0.681. The van der Waals surface area contributed by atoms with E-state index in [9.17, 15) is 0 Å². The molecule has 0 aromatic heterocycles. The minimum Gasteiger partial charge on any atom is -0.313 e. The topological polar surface area (TPSA) is 18.5 Å². The molecule has 1 N–H and O–H groups in total. The molecule has 1 rings (SSSR count). The van der Waals surface area contributed by atoms with Gasteiger partial charge < -0.3 is 15.1 Å². The largest absolute Gasteiger partial charge is 0.313 e. The van der Waals surface area contributed by atoms with Crippen LogP contribution in [0.5, 0.6) is 0 Å². The normalized spacial score (nSPS) is 20.8. The van der Waals surface area contributed by atoms with E-state index >= 15 is 0 Å². The Morgan fingerprint density at radius 3 is 2.17 bits per heavy atom. The molecule has 3 heteroatoms. The molecule has 3 nitrogen and oxygen atoms in total. The Labute approximate surface area is 114 Å². The number of hydrogen-bond donors (Lipinski definition) is 1. The van der Waals surface area contributed by atoms with E-state index in [0.29, 0.717) is 0 Å². The predicted octanol–water partition coefficient (Wildman–Crippen LogP) is 2.18. The lowest BCUT2D eigenvalue weighted by Crippen LogP contribution is -2.44. The summed E-state index contributed by atoms with van der Waals surface area (Å²) in [5.41, 5.74) is 0. The van der Waals surface area contributed by atoms with Crippen LogP contribution in [-0.4, -0.2) is 61.7 Å². The van der Waals surface area contributed by atoms with Gasteiger partial charge in [-0.05, 0) is 58.5 Å². The lowest BCUT2D eigenvalue weighted by Gasteiger charge is -2.30. The molecule has 0 bridgehead atoms. The first-order valence-corrected chi connectivity index (χ1v) is 7.98. The number of rotatable bonds is 9. The zero-order chi connectivity index (χ0) is 13.2. The third kappa shape index (κ3) is 6.17. The lowest BCUT2D eigenvalue weighted by molar-refractivity contribution is 0.213. The first-order valence-electron chi connectivity index (χ1n) is 7.98. The van der Waals surface area contributed by atoms with Gasteiger partial charge in [0.15, 0.2) is 0 Å². The Bertz CT molecular complexity index is 186. The average molecular weight is 255 g/mol. The summed E-state index contributed by atoms with van der Waals surface area (Å²) in [4.78, 5) is 5.14. The molecule has 0 amide bonds. The Morgan fingerprint density at radius 1 is 0.944 bits per heavy atom. The van der Waals surface area contributed by atoms with Gasteiger partial charge in [0.25, 0.3) is 0 Å². The van der Waals surface area contributed by atoms with E-state index in [2.05, 4.69) is 35.9 Å². The summed E-state index contributed by atoms with van der Waals surface area (Å²) in [6.45, 7) is 15.3. The molecule has 0 saturated carbocycles. The van der Waals surface area contributed by atoms with Crippen molar-refractivity contribution in [3.8, 4) is 0 Å². The van der Waals surface area contributed by atoms with Crippen LogP contribution in [0.15, 0.2) is 0 Å². The van der Waals surface area contributed by atoms with E-state index in [4.69, 9.17) is 0 Å². The van der Waals surface area contributed by atoms with Crippen molar-refractivity contribution in [2.24, 2.45) is 0 Å². The molecule has 0 radical (unpaired) electrons. The maximum atomic E-state index is 3.65. The first-order chi connectivity index (χ1) is 8.80. The molecule has 1 saturated heterocycles. The average Bonchev–Trinajstić information content (AvgIpc) is 2.43. The lowest BCUT2D eigenvalue weighted by atomic mass is 10.0. The molecule has 1 fully saturated rings. The van der Waals surface area contributed by atoms with Crippen LogP contribution in [0.25, 0.3) is 0 Å². The van der Waals surface area contributed by atoms with E-state index in [1.54, 1.807) is 0 Å². The predicted molar refractivity (Wildman–Crippen MR) is 80.2 cm³/mol. The molecule has 1 aliphatic heterocycles. The highest BCUT2D eigenvalue weighted by Gasteiger charge is 2.15. The summed E-state index contributed by atoms with van der Waals surface area (Å²) in [7, 11) is 0. The van der Waals surface area contributed by atoms with Gasteiger partial charge in [-0.15, -0.1) is 0 Å². The third-order valence-corrected chi connectivity index (χ3v) is 4.18. The standard InChI is InChI=1S/C15H33N3/c1-4-17(5-2)12-9-13-18(6-3)14-15-10-7-8-11-16-15/h15-16H,4-14H2,1-3H3. The van der Waals surface area contributed by atoms with Crippen LogP contribution < -0.4 is 5.32 Å². The van der Waals surface area contributed by atoms with Crippen LogP contribution in [0.1, 0.15) is 46.5 Å². The minimum atomic E-state index is 0.743. The summed E-state index contributed by atoms with van der Waals surface area (Å²) >= 11 is 0. The highest BCUT2D eigenvalue weighted by Crippen LogP contribution is 2.08. The van der Waals surface area contributed by atoms with Gasteiger partial charge in [0, 0.05) is 12.6 Å². The van der Waals surface area contributed by atoms with Crippen molar-refractivity contribution >= 4 is 0 Å². The molecule has 0 spiro atoms. The minimum absolute atomic E-state index is 0.743. The molecular weight excluding hydrogens is 222 g/mol. The molecule has 1 heterocycles. The van der Waals surface area contributed by atoms with E-state index in [1.165, 1.54) is 71.5 Å². The smallest absolute Gasteiger partial charge is 0.0195 e. The molecule has 1 unspecified atom stereocenters. The van der Waals surface area contributed by atoms with Crippen molar-refractivity contribution in [3.63, 3.8) is 0 Å². The highest BCUT2D eigenvalue weighted by atomic mass is 15.2. The van der Waals surface area contributed by atoms with Crippen LogP contribution in [0, 0.1) is 0 Å². The zero-order valence-corrected chi connectivity index (χ0v) is 12.7. The molecule has 0 aromatic carbocycles. The fourth-order valence-corrected chi connectivity index (χ4v) is 2.83. The van der Waals surface area contributed by atoms with Crippen molar-refractivity contribution in [2.45, 2.75) is 52.5 Å². The molecular formula is C15H33N3. The van der Waals surface area contributed by atoms with E-state index in [1.807, 2.05) is 0 Å². The maximum absolute atomic E-state index is 3.65. The van der Waals surface area contributed by atoms with Crippen molar-refractivity contribution in [2.75, 3.05) is 45.8 Å². The second-order valence-electron chi connectivity index (χ2n) is 5.42. The van der Waals surface area contributed by atoms with Crippen molar-refractivity contribution in [3.05, 3.63) is 0 Å². The fourth-order valence-electron chi connectivity index (χ4n) is 2.83. The van der Waals surface area contributed by atoms with Crippen LogP contribution >= 0.6 is 0 Å². The summed E-state index contributed by atoms with van der Waals surface area (Å²) < 4.78 is 0. The van der Waals surface area contributed by atoms with Crippen LogP contribution in [-0.2, 0) is 0 Å². The first kappa shape index (κ1) is 15.9. The molecule has 0 aliphatic carbocycles.